The lowest BCUT2D eigenvalue weighted by molar-refractivity contribution is 0.102. The summed E-state index contributed by atoms with van der Waals surface area (Å²) in [6.45, 7) is 5.28. The molecule has 0 aliphatic carbocycles. The van der Waals surface area contributed by atoms with Gasteiger partial charge in [0.15, 0.2) is 0 Å². The first-order valence-corrected chi connectivity index (χ1v) is 11.7. The topological polar surface area (TPSA) is 104 Å². The van der Waals surface area contributed by atoms with Crippen molar-refractivity contribution in [2.75, 3.05) is 29.9 Å². The third kappa shape index (κ3) is 5.19. The predicted octanol–water partition coefficient (Wildman–Crippen LogP) is 3.77. The van der Waals surface area contributed by atoms with Gasteiger partial charge in [-0.2, -0.15) is 0 Å². The number of hydrogen-bond donors (Lipinski definition) is 3. The number of hydrogen-bond acceptors (Lipinski definition) is 6. The zero-order chi connectivity index (χ0) is 26.0. The standard InChI is InChI=1S/C26H28F3N5O2/c1-14-12-34(13-20(30)15(14)2)23-5-7-31-11-22(23)33-26(36)21-4-3-17(27)25(32-21)24-18(28)9-16(6-8-35)10-19(24)29/h3-5,7,9-11,14-15,20,35H,6,8,12-13,30H2,1-2H3,(H,33,36)/t14-,15+,20+/m0/s1. The van der Waals surface area contributed by atoms with Gasteiger partial charge < -0.3 is 21.1 Å². The molecule has 3 heterocycles. The largest absolute Gasteiger partial charge is 0.396 e. The highest BCUT2D eigenvalue weighted by atomic mass is 19.1. The van der Waals surface area contributed by atoms with Crippen LogP contribution >= 0.6 is 0 Å². The van der Waals surface area contributed by atoms with Crippen LogP contribution in [-0.4, -0.2) is 46.7 Å². The molecule has 0 radical (unpaired) electrons. The summed E-state index contributed by atoms with van der Waals surface area (Å²) in [5, 5.41) is 11.7. The van der Waals surface area contributed by atoms with Gasteiger partial charge in [0.2, 0.25) is 0 Å². The van der Waals surface area contributed by atoms with E-state index in [2.05, 4.69) is 34.0 Å². The van der Waals surface area contributed by atoms with Crippen LogP contribution in [0.15, 0.2) is 42.7 Å². The molecular weight excluding hydrogens is 471 g/mol. The maximum atomic E-state index is 14.7. The Labute approximate surface area is 207 Å². The lowest BCUT2D eigenvalue weighted by Gasteiger charge is -2.41. The molecule has 0 unspecified atom stereocenters. The molecule has 7 nitrogen and oxygen atoms in total. The molecule has 4 rings (SSSR count). The number of nitrogens with two attached hydrogens (primary N) is 1. The molecule has 1 aromatic carbocycles. The van der Waals surface area contributed by atoms with Gasteiger partial charge in [0.1, 0.15) is 28.8 Å². The Morgan fingerprint density at radius 2 is 1.86 bits per heavy atom. The number of pyridine rings is 2. The van der Waals surface area contributed by atoms with Crippen LogP contribution in [0.2, 0.25) is 0 Å². The second-order valence-corrected chi connectivity index (χ2v) is 9.19. The van der Waals surface area contributed by atoms with Crippen molar-refractivity contribution in [2.45, 2.75) is 26.3 Å². The molecule has 10 heteroatoms. The monoisotopic (exact) mass is 499 g/mol. The number of amides is 1. The lowest BCUT2D eigenvalue weighted by atomic mass is 9.85. The van der Waals surface area contributed by atoms with Crippen LogP contribution in [-0.2, 0) is 6.42 Å². The van der Waals surface area contributed by atoms with E-state index in [1.165, 1.54) is 6.20 Å². The Morgan fingerprint density at radius 1 is 1.14 bits per heavy atom. The fourth-order valence-electron chi connectivity index (χ4n) is 4.44. The van der Waals surface area contributed by atoms with Gasteiger partial charge in [0.25, 0.3) is 5.91 Å². The molecule has 1 fully saturated rings. The Bertz CT molecular complexity index is 1240. The molecule has 190 valence electrons. The maximum Gasteiger partial charge on any atom is 0.274 e. The predicted molar refractivity (Wildman–Crippen MR) is 131 cm³/mol. The highest BCUT2D eigenvalue weighted by Gasteiger charge is 2.30. The number of aliphatic hydroxyl groups is 1. The Kier molecular flexibility index (Phi) is 7.56. The number of carbonyl (C=O) groups is 1. The molecule has 0 bridgehead atoms. The number of nitrogens with zero attached hydrogens (tertiary/aromatic N) is 3. The van der Waals surface area contributed by atoms with E-state index in [-0.39, 0.29) is 30.3 Å². The van der Waals surface area contributed by atoms with Gasteiger partial charge in [-0.25, -0.2) is 18.2 Å². The zero-order valence-electron chi connectivity index (χ0n) is 20.0. The van der Waals surface area contributed by atoms with Crippen molar-refractivity contribution in [3.05, 3.63) is 71.4 Å². The van der Waals surface area contributed by atoms with Gasteiger partial charge >= 0.3 is 0 Å². The zero-order valence-corrected chi connectivity index (χ0v) is 20.0. The molecular formula is C26H28F3N5O2. The molecule has 1 aliphatic rings. The number of aliphatic hydroxyl groups excluding tert-OH is 1. The summed E-state index contributed by atoms with van der Waals surface area (Å²) in [5.41, 5.74) is 6.14. The van der Waals surface area contributed by atoms with E-state index in [4.69, 9.17) is 10.8 Å². The first kappa shape index (κ1) is 25.6. The fourth-order valence-corrected chi connectivity index (χ4v) is 4.44. The molecule has 1 amide bonds. The molecule has 1 saturated heterocycles. The van der Waals surface area contributed by atoms with E-state index in [9.17, 15) is 18.0 Å². The van der Waals surface area contributed by atoms with Crippen LogP contribution in [0, 0.1) is 29.3 Å². The van der Waals surface area contributed by atoms with Crippen molar-refractivity contribution in [3.63, 3.8) is 0 Å². The summed E-state index contributed by atoms with van der Waals surface area (Å²) in [6, 6.07) is 5.83. The molecule has 3 atom stereocenters. The number of anilines is 2. The summed E-state index contributed by atoms with van der Waals surface area (Å²) >= 11 is 0. The number of halogens is 3. The fraction of sp³-hybridized carbons (Fsp3) is 0.346. The van der Waals surface area contributed by atoms with Gasteiger partial charge in [-0.05, 0) is 54.2 Å². The normalized spacial score (nSPS) is 19.9. The van der Waals surface area contributed by atoms with Gasteiger partial charge in [-0.15, -0.1) is 0 Å². The van der Waals surface area contributed by atoms with Gasteiger partial charge in [-0.3, -0.25) is 9.78 Å². The molecule has 2 aromatic heterocycles. The van der Waals surface area contributed by atoms with Crippen molar-refractivity contribution in [3.8, 4) is 11.3 Å². The van der Waals surface area contributed by atoms with E-state index in [0.717, 1.165) is 36.5 Å². The second kappa shape index (κ2) is 10.6. The van der Waals surface area contributed by atoms with Gasteiger partial charge in [-0.1, -0.05) is 13.8 Å². The second-order valence-electron chi connectivity index (χ2n) is 9.19. The van der Waals surface area contributed by atoms with Crippen molar-refractivity contribution >= 4 is 17.3 Å². The minimum Gasteiger partial charge on any atom is -0.396 e. The molecule has 3 aromatic rings. The van der Waals surface area contributed by atoms with Crippen molar-refractivity contribution in [2.24, 2.45) is 17.6 Å². The van der Waals surface area contributed by atoms with E-state index >= 15 is 0 Å². The smallest absolute Gasteiger partial charge is 0.274 e. The summed E-state index contributed by atoms with van der Waals surface area (Å²) < 4.78 is 43.9. The summed E-state index contributed by atoms with van der Waals surface area (Å²) in [4.78, 5) is 23.2. The number of aromatic nitrogens is 2. The maximum absolute atomic E-state index is 14.7. The van der Waals surface area contributed by atoms with Crippen LogP contribution in [0.5, 0.6) is 0 Å². The lowest BCUT2D eigenvalue weighted by Crippen LogP contribution is -2.51. The Morgan fingerprint density at radius 3 is 2.53 bits per heavy atom. The third-order valence-corrected chi connectivity index (χ3v) is 6.72. The van der Waals surface area contributed by atoms with E-state index < -0.39 is 34.6 Å². The first-order chi connectivity index (χ1) is 17.2. The Balaban J connectivity index is 1.63. The minimum absolute atomic E-state index is 0.0412. The molecule has 4 N–H and O–H groups in total. The van der Waals surface area contributed by atoms with Crippen LogP contribution in [0.3, 0.4) is 0 Å². The third-order valence-electron chi connectivity index (χ3n) is 6.72. The van der Waals surface area contributed by atoms with E-state index in [0.29, 0.717) is 24.1 Å². The number of piperidine rings is 1. The first-order valence-electron chi connectivity index (χ1n) is 11.7. The highest BCUT2D eigenvalue weighted by molar-refractivity contribution is 6.04. The van der Waals surface area contributed by atoms with Crippen molar-refractivity contribution < 1.29 is 23.1 Å². The number of benzene rings is 1. The molecule has 0 spiro atoms. The average Bonchev–Trinajstić information content (AvgIpc) is 2.83. The summed E-state index contributed by atoms with van der Waals surface area (Å²) in [7, 11) is 0. The minimum atomic E-state index is -1.04. The molecule has 1 aliphatic heterocycles. The number of carbonyl (C=O) groups excluding carboxylic acids is 1. The highest BCUT2D eigenvalue weighted by Crippen LogP contribution is 2.32. The summed E-state index contributed by atoms with van der Waals surface area (Å²) in [6.07, 6.45) is 3.14. The Hall–Kier alpha value is -3.50. The van der Waals surface area contributed by atoms with Crippen LogP contribution in [0.4, 0.5) is 24.5 Å². The number of rotatable bonds is 6. The van der Waals surface area contributed by atoms with Gasteiger partial charge in [0, 0.05) is 31.9 Å². The average molecular weight is 500 g/mol. The molecule has 0 saturated carbocycles. The van der Waals surface area contributed by atoms with Crippen LogP contribution in [0.25, 0.3) is 11.3 Å². The SMILES string of the molecule is C[C@H]1[C@H](N)CN(c2ccncc2NC(=O)c2ccc(F)c(-c3c(F)cc(CCO)cc3F)n2)C[C@@H]1C. The van der Waals surface area contributed by atoms with E-state index in [1.54, 1.807) is 12.3 Å². The van der Waals surface area contributed by atoms with Crippen LogP contribution < -0.4 is 16.0 Å². The number of nitrogens with one attached hydrogen (secondary N) is 1. The van der Waals surface area contributed by atoms with Crippen molar-refractivity contribution in [1.82, 2.24) is 9.97 Å². The van der Waals surface area contributed by atoms with Gasteiger partial charge in [0.05, 0.1) is 23.1 Å². The summed E-state index contributed by atoms with van der Waals surface area (Å²) in [5.74, 6) is -3.07. The van der Waals surface area contributed by atoms with Crippen molar-refractivity contribution in [1.29, 1.82) is 0 Å². The quantitative estimate of drug-likeness (QED) is 0.477. The van der Waals surface area contributed by atoms with Crippen LogP contribution in [0.1, 0.15) is 29.9 Å². The van der Waals surface area contributed by atoms with E-state index in [1.807, 2.05) is 0 Å². The molecule has 36 heavy (non-hydrogen) atoms.